The van der Waals surface area contributed by atoms with Gasteiger partial charge in [-0.15, -0.1) is 0 Å². The predicted molar refractivity (Wildman–Crippen MR) is 61.5 cm³/mol. The Morgan fingerprint density at radius 2 is 2.28 bits per heavy atom. The van der Waals surface area contributed by atoms with Gasteiger partial charge in [-0.2, -0.15) is 4.98 Å². The third kappa shape index (κ3) is 2.35. The first-order valence-electron chi connectivity index (χ1n) is 4.97. The zero-order valence-corrected chi connectivity index (χ0v) is 8.73. The molecule has 4 atom stereocenters. The van der Waals surface area contributed by atoms with Crippen molar-refractivity contribution in [3.05, 3.63) is 22.7 Å². The smallest absolute Gasteiger partial charge is 0.351 e. The topological polar surface area (TPSA) is 111 Å². The van der Waals surface area contributed by atoms with Gasteiger partial charge in [0.2, 0.25) is 0 Å². The number of nitrogens with two attached hydrogens (primary N) is 1. The van der Waals surface area contributed by atoms with Crippen LogP contribution in [0.2, 0.25) is 0 Å². The number of anilines is 1. The van der Waals surface area contributed by atoms with Gasteiger partial charge in [-0.05, 0) is 6.07 Å². The first-order chi connectivity index (χ1) is 8.04. The molecule has 18 heavy (non-hydrogen) atoms. The van der Waals surface area contributed by atoms with Crippen LogP contribution < -0.4 is 11.4 Å². The zero-order chi connectivity index (χ0) is 12.6. The summed E-state index contributed by atoms with van der Waals surface area (Å²) in [7, 11) is 0. The molecule has 102 valence electrons. The first kappa shape index (κ1) is 14.6. The molecule has 1 aliphatic rings. The molecule has 4 unspecified atom stereocenters. The monoisotopic (exact) mass is 260 g/mol. The zero-order valence-electron chi connectivity index (χ0n) is 8.73. The number of alkyl halides is 1. The summed E-state index contributed by atoms with van der Waals surface area (Å²) in [6, 6.07) is 1.32. The van der Waals surface area contributed by atoms with Crippen molar-refractivity contribution in [1.29, 1.82) is 0 Å². The lowest BCUT2D eigenvalue weighted by molar-refractivity contribution is -0.0490. The molecule has 2 heterocycles. The maximum Gasteiger partial charge on any atom is 0.351 e. The van der Waals surface area contributed by atoms with Gasteiger partial charge in [-0.25, -0.2) is 9.18 Å². The van der Waals surface area contributed by atoms with E-state index in [4.69, 9.17) is 15.6 Å². The number of nitrogens with zero attached hydrogens (tertiary/aromatic N) is 2. The molecule has 1 aromatic rings. The van der Waals surface area contributed by atoms with Gasteiger partial charge in [0, 0.05) is 6.20 Å². The highest BCUT2D eigenvalue weighted by molar-refractivity contribution is 5.23. The quantitative estimate of drug-likeness (QED) is 0.632. The number of aliphatic hydroxyl groups excluding tert-OH is 2. The Hall–Kier alpha value is -1.51. The molecule has 0 aliphatic carbocycles. The van der Waals surface area contributed by atoms with Crippen LogP contribution in [-0.4, -0.2) is 44.8 Å². The summed E-state index contributed by atoms with van der Waals surface area (Å²) in [4.78, 5) is 14.9. The fourth-order valence-corrected chi connectivity index (χ4v) is 1.70. The highest BCUT2D eigenvalue weighted by Crippen LogP contribution is 2.30. The maximum absolute atomic E-state index is 13.7. The number of aliphatic hydroxyl groups is 2. The van der Waals surface area contributed by atoms with E-state index in [0.29, 0.717) is 0 Å². The number of rotatable bonds is 2. The van der Waals surface area contributed by atoms with Crippen molar-refractivity contribution in [1.82, 2.24) is 9.55 Å². The van der Waals surface area contributed by atoms with Crippen LogP contribution in [0.15, 0.2) is 17.1 Å². The third-order valence-electron chi connectivity index (χ3n) is 2.60. The highest BCUT2D eigenvalue weighted by Gasteiger charge is 2.45. The van der Waals surface area contributed by atoms with Crippen LogP contribution in [0.1, 0.15) is 13.7 Å². The summed E-state index contributed by atoms with van der Waals surface area (Å²) in [6.45, 7) is -0.533. The number of hydrogen-bond acceptors (Lipinski definition) is 6. The van der Waals surface area contributed by atoms with E-state index < -0.39 is 36.9 Å². The minimum absolute atomic E-state index is 0. The molecule has 1 aromatic heterocycles. The summed E-state index contributed by atoms with van der Waals surface area (Å²) in [6.07, 6.45) is -4.42. The summed E-state index contributed by atoms with van der Waals surface area (Å²) < 4.78 is 19.6. The standard InChI is InChI=1S/C9H12FN3O4.CH4/c10-6-7(15)4(3-14)17-8(6)13-2-1-5(11)12-9(13)16;/h1-2,4,6-8,14-15H,3H2,(H2,11,12,16);1H4/i10-1;. The Balaban J connectivity index is 0.00000162. The van der Waals surface area contributed by atoms with Crippen LogP contribution >= 0.6 is 0 Å². The van der Waals surface area contributed by atoms with E-state index in [1.54, 1.807) is 0 Å². The van der Waals surface area contributed by atoms with Crippen molar-refractivity contribution in [3.8, 4) is 0 Å². The largest absolute Gasteiger partial charge is 0.394 e. The molecule has 8 heteroatoms. The minimum Gasteiger partial charge on any atom is -0.394 e. The van der Waals surface area contributed by atoms with E-state index in [0.717, 1.165) is 4.57 Å². The Morgan fingerprint density at radius 3 is 2.78 bits per heavy atom. The molecule has 0 bridgehead atoms. The second-order valence-electron chi connectivity index (χ2n) is 3.72. The Morgan fingerprint density at radius 1 is 1.61 bits per heavy atom. The van der Waals surface area contributed by atoms with Gasteiger partial charge in [-0.3, -0.25) is 4.57 Å². The van der Waals surface area contributed by atoms with Crippen molar-refractivity contribution >= 4 is 5.82 Å². The van der Waals surface area contributed by atoms with E-state index in [9.17, 15) is 14.3 Å². The average Bonchev–Trinajstić information content (AvgIpc) is 2.57. The van der Waals surface area contributed by atoms with E-state index in [-0.39, 0.29) is 13.2 Å². The van der Waals surface area contributed by atoms with Crippen LogP contribution in [0.5, 0.6) is 0 Å². The normalized spacial score (nSPS) is 31.1. The number of halogens is 1. The molecular weight excluding hydrogens is 244 g/mol. The van der Waals surface area contributed by atoms with E-state index in [2.05, 4.69) is 4.98 Å². The molecule has 1 aliphatic heterocycles. The number of aromatic nitrogens is 2. The number of ether oxygens (including phenoxy) is 1. The first-order valence-corrected chi connectivity index (χ1v) is 4.97. The van der Waals surface area contributed by atoms with Crippen molar-refractivity contribution in [2.75, 3.05) is 12.3 Å². The highest BCUT2D eigenvalue weighted by atomic mass is 18.2. The Labute approximate surface area is 103 Å². The minimum atomic E-state index is -1.81. The van der Waals surface area contributed by atoms with Crippen LogP contribution in [0.25, 0.3) is 0 Å². The second kappa shape index (κ2) is 5.42. The lowest BCUT2D eigenvalue weighted by Crippen LogP contribution is -2.33. The summed E-state index contributed by atoms with van der Waals surface area (Å²) >= 11 is 0. The van der Waals surface area contributed by atoms with E-state index in [1.165, 1.54) is 12.3 Å². The average molecular weight is 260 g/mol. The summed E-state index contributed by atoms with van der Waals surface area (Å²) in [5, 5.41) is 18.3. The third-order valence-corrected chi connectivity index (χ3v) is 2.60. The van der Waals surface area contributed by atoms with Crippen molar-refractivity contribution in [2.45, 2.75) is 32.0 Å². The SMILES string of the molecule is C.Nc1ccn(C2OC(CO)C(O)C2[18F])c(=O)n1. The second-order valence-corrected chi connectivity index (χ2v) is 3.72. The molecule has 0 saturated carbocycles. The molecule has 7 nitrogen and oxygen atoms in total. The molecule has 0 radical (unpaired) electrons. The van der Waals surface area contributed by atoms with Crippen molar-refractivity contribution < 1.29 is 19.3 Å². The number of nitrogen functional groups attached to an aromatic ring is 1. The summed E-state index contributed by atoms with van der Waals surface area (Å²) in [5.74, 6) is 0.0129. The van der Waals surface area contributed by atoms with Crippen molar-refractivity contribution in [2.24, 2.45) is 0 Å². The van der Waals surface area contributed by atoms with Gasteiger partial charge in [0.15, 0.2) is 12.4 Å². The van der Waals surface area contributed by atoms with Gasteiger partial charge >= 0.3 is 5.69 Å². The number of hydrogen-bond donors (Lipinski definition) is 3. The van der Waals surface area contributed by atoms with E-state index in [1.807, 2.05) is 0 Å². The van der Waals surface area contributed by atoms with Gasteiger partial charge in [0.25, 0.3) is 0 Å². The van der Waals surface area contributed by atoms with Crippen LogP contribution in [0.3, 0.4) is 0 Å². The van der Waals surface area contributed by atoms with Gasteiger partial charge in [-0.1, -0.05) is 7.43 Å². The molecule has 0 amide bonds. The Kier molecular flexibility index (Phi) is 4.38. The van der Waals surface area contributed by atoms with Gasteiger partial charge < -0.3 is 20.7 Å². The van der Waals surface area contributed by atoms with Crippen LogP contribution in [0.4, 0.5) is 10.2 Å². The van der Waals surface area contributed by atoms with Crippen LogP contribution in [0, 0.1) is 0 Å². The lowest BCUT2D eigenvalue weighted by Gasteiger charge is -2.15. The maximum atomic E-state index is 13.7. The fraction of sp³-hybridized carbons (Fsp3) is 0.600. The van der Waals surface area contributed by atoms with Crippen LogP contribution in [-0.2, 0) is 4.74 Å². The van der Waals surface area contributed by atoms with E-state index >= 15 is 0 Å². The molecule has 0 aromatic carbocycles. The predicted octanol–water partition coefficient (Wildman–Crippen LogP) is -0.950. The molecule has 1 fully saturated rings. The Bertz CT molecular complexity index is 467. The molecule has 1 saturated heterocycles. The summed E-state index contributed by atoms with van der Waals surface area (Å²) in [5.41, 5.74) is 4.52. The van der Waals surface area contributed by atoms with Gasteiger partial charge in [0.05, 0.1) is 6.61 Å². The molecule has 0 spiro atoms. The van der Waals surface area contributed by atoms with Crippen molar-refractivity contribution in [3.63, 3.8) is 0 Å². The van der Waals surface area contributed by atoms with Gasteiger partial charge in [0.1, 0.15) is 18.0 Å². The fourth-order valence-electron chi connectivity index (χ4n) is 1.70. The lowest BCUT2D eigenvalue weighted by atomic mass is 10.1. The molecule has 2 rings (SSSR count). The molecular formula is C10H16FN3O4. The molecule has 4 N–H and O–H groups in total.